The summed E-state index contributed by atoms with van der Waals surface area (Å²) in [5.41, 5.74) is 0. The van der Waals surface area contributed by atoms with Gasteiger partial charge >= 0.3 is 0 Å². The Labute approximate surface area is 93.1 Å². The lowest BCUT2D eigenvalue weighted by Crippen LogP contribution is -2.20. The Bertz CT molecular complexity index is 350. The van der Waals surface area contributed by atoms with Gasteiger partial charge in [-0.15, -0.1) is 0 Å². The molecule has 1 aromatic rings. The molecule has 0 bridgehead atoms. The van der Waals surface area contributed by atoms with E-state index in [9.17, 15) is 0 Å². The summed E-state index contributed by atoms with van der Waals surface area (Å²) in [5.74, 6) is 2.12. The molecule has 4 nitrogen and oxygen atoms in total. The van der Waals surface area contributed by atoms with E-state index in [1.165, 1.54) is 24.4 Å². The van der Waals surface area contributed by atoms with Gasteiger partial charge in [-0.05, 0) is 19.3 Å². The van der Waals surface area contributed by atoms with Crippen molar-refractivity contribution >= 4 is 16.7 Å². The lowest BCUT2D eigenvalue weighted by Gasteiger charge is -2.12. The van der Waals surface area contributed by atoms with E-state index in [1.807, 2.05) is 0 Å². The zero-order valence-corrected chi connectivity index (χ0v) is 9.41. The Hall–Kier alpha value is -0.680. The highest BCUT2D eigenvalue weighted by molar-refractivity contribution is 7.09. The number of nitrogens with zero attached hydrogens (tertiary/aromatic N) is 3. The highest BCUT2D eigenvalue weighted by Crippen LogP contribution is 2.40. The van der Waals surface area contributed by atoms with Crippen LogP contribution in [0.1, 0.15) is 31.0 Å². The number of anilines is 1. The first kappa shape index (κ1) is 9.54. The Balaban J connectivity index is 1.70. The van der Waals surface area contributed by atoms with Crippen LogP contribution < -0.4 is 4.90 Å². The smallest absolute Gasteiger partial charge is 0.205 e. The Morgan fingerprint density at radius 2 is 2.27 bits per heavy atom. The predicted molar refractivity (Wildman–Crippen MR) is 59.3 cm³/mol. The van der Waals surface area contributed by atoms with Gasteiger partial charge in [0.05, 0.1) is 0 Å². The van der Waals surface area contributed by atoms with E-state index in [-0.39, 0.29) is 0 Å². The summed E-state index contributed by atoms with van der Waals surface area (Å²) in [6, 6.07) is 0. The second kappa shape index (κ2) is 3.72. The van der Waals surface area contributed by atoms with Crippen LogP contribution in [0.15, 0.2) is 0 Å². The lowest BCUT2D eigenvalue weighted by atomic mass is 10.1. The average molecular weight is 225 g/mol. The molecule has 1 saturated heterocycles. The molecular weight excluding hydrogens is 210 g/mol. The normalized spacial score (nSPS) is 26.2. The van der Waals surface area contributed by atoms with Crippen LogP contribution in [-0.4, -0.2) is 34.2 Å². The Kier molecular flexibility index (Phi) is 2.36. The maximum atomic E-state index is 9.07. The van der Waals surface area contributed by atoms with Crippen molar-refractivity contribution in [1.82, 2.24) is 9.36 Å². The average Bonchev–Trinajstić information content (AvgIpc) is 2.84. The van der Waals surface area contributed by atoms with E-state index >= 15 is 0 Å². The highest BCUT2D eigenvalue weighted by Gasteiger charge is 2.30. The molecule has 1 N–H and O–H groups in total. The van der Waals surface area contributed by atoms with E-state index in [0.717, 1.165) is 30.5 Å². The van der Waals surface area contributed by atoms with Gasteiger partial charge in [0.15, 0.2) is 0 Å². The first-order chi connectivity index (χ1) is 7.36. The molecule has 15 heavy (non-hydrogen) atoms. The summed E-state index contributed by atoms with van der Waals surface area (Å²) in [6.07, 6.45) is 3.60. The van der Waals surface area contributed by atoms with Crippen molar-refractivity contribution in [2.24, 2.45) is 5.92 Å². The monoisotopic (exact) mass is 225 g/mol. The van der Waals surface area contributed by atoms with Crippen LogP contribution in [0.5, 0.6) is 0 Å². The molecule has 2 aliphatic rings. The van der Waals surface area contributed by atoms with E-state index in [4.69, 9.17) is 5.11 Å². The van der Waals surface area contributed by atoms with Gasteiger partial charge in [0.2, 0.25) is 5.13 Å². The van der Waals surface area contributed by atoms with E-state index in [2.05, 4.69) is 14.3 Å². The molecular formula is C10H15N3OS. The fourth-order valence-corrected chi connectivity index (χ4v) is 2.80. The Morgan fingerprint density at radius 3 is 2.93 bits per heavy atom. The molecule has 1 saturated carbocycles. The van der Waals surface area contributed by atoms with Crippen molar-refractivity contribution in [1.29, 1.82) is 0 Å². The highest BCUT2D eigenvalue weighted by atomic mass is 32.1. The van der Waals surface area contributed by atoms with E-state index in [0.29, 0.717) is 18.4 Å². The molecule has 1 aliphatic carbocycles. The van der Waals surface area contributed by atoms with Crippen LogP contribution in [0.3, 0.4) is 0 Å². The SMILES string of the molecule is OCC1CCN(c2nc(C3CC3)ns2)C1. The summed E-state index contributed by atoms with van der Waals surface area (Å²) in [4.78, 5) is 6.83. The van der Waals surface area contributed by atoms with Crippen LogP contribution in [0, 0.1) is 5.92 Å². The fourth-order valence-electron chi connectivity index (χ4n) is 2.02. The van der Waals surface area contributed by atoms with Crippen LogP contribution in [0.25, 0.3) is 0 Å². The van der Waals surface area contributed by atoms with Crippen LogP contribution in [0.4, 0.5) is 5.13 Å². The molecule has 82 valence electrons. The third kappa shape index (κ3) is 1.86. The second-order valence-corrected chi connectivity index (χ2v) is 5.22. The fraction of sp³-hybridized carbons (Fsp3) is 0.800. The molecule has 1 aliphatic heterocycles. The van der Waals surface area contributed by atoms with E-state index < -0.39 is 0 Å². The topological polar surface area (TPSA) is 49.2 Å². The van der Waals surface area contributed by atoms with Gasteiger partial charge in [0.1, 0.15) is 5.82 Å². The third-order valence-corrected chi connectivity index (χ3v) is 3.98. The minimum atomic E-state index is 0.296. The largest absolute Gasteiger partial charge is 0.396 e. The molecule has 2 heterocycles. The number of hydrogen-bond donors (Lipinski definition) is 1. The molecule has 1 atom stereocenters. The van der Waals surface area contributed by atoms with Gasteiger partial charge in [-0.25, -0.2) is 4.98 Å². The first-order valence-electron chi connectivity index (χ1n) is 5.56. The molecule has 0 aromatic carbocycles. The zero-order chi connectivity index (χ0) is 10.3. The first-order valence-corrected chi connectivity index (χ1v) is 6.33. The molecule has 2 fully saturated rings. The van der Waals surface area contributed by atoms with Gasteiger partial charge < -0.3 is 10.0 Å². The van der Waals surface area contributed by atoms with Gasteiger partial charge in [-0.3, -0.25) is 0 Å². The Morgan fingerprint density at radius 1 is 1.40 bits per heavy atom. The van der Waals surface area contributed by atoms with Crippen molar-refractivity contribution in [3.63, 3.8) is 0 Å². The van der Waals surface area contributed by atoms with Gasteiger partial charge in [-0.1, -0.05) is 0 Å². The van der Waals surface area contributed by atoms with Crippen LogP contribution in [-0.2, 0) is 0 Å². The maximum Gasteiger partial charge on any atom is 0.205 e. The third-order valence-electron chi connectivity index (χ3n) is 3.19. The lowest BCUT2D eigenvalue weighted by molar-refractivity contribution is 0.238. The molecule has 0 spiro atoms. The summed E-state index contributed by atoms with van der Waals surface area (Å²) in [5, 5.41) is 10.1. The minimum absolute atomic E-state index is 0.296. The molecule has 1 aromatic heterocycles. The summed E-state index contributed by atoms with van der Waals surface area (Å²) < 4.78 is 4.40. The number of aliphatic hydroxyl groups is 1. The number of aliphatic hydroxyl groups excluding tert-OH is 1. The minimum Gasteiger partial charge on any atom is -0.396 e. The number of rotatable bonds is 3. The summed E-state index contributed by atoms with van der Waals surface area (Å²) in [6.45, 7) is 2.26. The van der Waals surface area contributed by atoms with Crippen LogP contribution in [0.2, 0.25) is 0 Å². The van der Waals surface area contributed by atoms with Crippen molar-refractivity contribution in [2.75, 3.05) is 24.6 Å². The molecule has 0 amide bonds. The molecule has 3 rings (SSSR count). The van der Waals surface area contributed by atoms with E-state index in [1.54, 1.807) is 0 Å². The van der Waals surface area contributed by atoms with Crippen LogP contribution >= 0.6 is 11.5 Å². The molecule has 5 heteroatoms. The number of hydrogen-bond acceptors (Lipinski definition) is 5. The van der Waals surface area contributed by atoms with Crippen molar-refractivity contribution in [3.8, 4) is 0 Å². The van der Waals surface area contributed by atoms with Crippen molar-refractivity contribution < 1.29 is 5.11 Å². The van der Waals surface area contributed by atoms with Gasteiger partial charge in [0.25, 0.3) is 0 Å². The summed E-state index contributed by atoms with van der Waals surface area (Å²) in [7, 11) is 0. The zero-order valence-electron chi connectivity index (χ0n) is 8.59. The standard InChI is InChI=1S/C10H15N3OS/c14-6-7-3-4-13(5-7)10-11-9(12-15-10)8-1-2-8/h7-8,14H,1-6H2. The van der Waals surface area contributed by atoms with Gasteiger partial charge in [-0.2, -0.15) is 4.37 Å². The van der Waals surface area contributed by atoms with Crippen molar-refractivity contribution in [2.45, 2.75) is 25.2 Å². The number of aromatic nitrogens is 2. The maximum absolute atomic E-state index is 9.07. The quantitative estimate of drug-likeness (QED) is 0.840. The molecule has 1 unspecified atom stereocenters. The predicted octanol–water partition coefficient (Wildman–Crippen LogP) is 1.23. The molecule has 0 radical (unpaired) electrons. The second-order valence-electron chi connectivity index (χ2n) is 4.49. The van der Waals surface area contributed by atoms with Crippen molar-refractivity contribution in [3.05, 3.63) is 5.82 Å². The van der Waals surface area contributed by atoms with Gasteiger partial charge in [0, 0.05) is 43.1 Å². The summed E-state index contributed by atoms with van der Waals surface area (Å²) >= 11 is 1.51.